The zero-order valence-electron chi connectivity index (χ0n) is 11.6. The largest absolute Gasteiger partial charge is 0.586 e. The van der Waals surface area contributed by atoms with E-state index in [1.54, 1.807) is 12.1 Å². The van der Waals surface area contributed by atoms with Crippen LogP contribution in [-0.2, 0) is 6.54 Å². The molecule has 23 heavy (non-hydrogen) atoms. The SMILES string of the molecule is Fc1ccc(CNC(=S)Nc2ccc3c(c2)OC(F)(F)O3)cc1. The first kappa shape index (κ1) is 15.4. The van der Waals surface area contributed by atoms with Crippen molar-refractivity contribution in [3.63, 3.8) is 0 Å². The Morgan fingerprint density at radius 3 is 2.48 bits per heavy atom. The Hall–Kier alpha value is -2.48. The summed E-state index contributed by atoms with van der Waals surface area (Å²) in [5, 5.41) is 6.07. The number of hydrogen-bond acceptors (Lipinski definition) is 3. The van der Waals surface area contributed by atoms with E-state index in [0.29, 0.717) is 17.3 Å². The minimum Gasteiger partial charge on any atom is -0.395 e. The molecule has 8 heteroatoms. The predicted molar refractivity (Wildman–Crippen MR) is 82.1 cm³/mol. The fourth-order valence-electron chi connectivity index (χ4n) is 1.99. The van der Waals surface area contributed by atoms with Crippen molar-refractivity contribution in [3.8, 4) is 11.5 Å². The van der Waals surface area contributed by atoms with Gasteiger partial charge in [-0.25, -0.2) is 4.39 Å². The molecule has 0 saturated carbocycles. The van der Waals surface area contributed by atoms with E-state index in [4.69, 9.17) is 12.2 Å². The second kappa shape index (κ2) is 5.96. The zero-order chi connectivity index (χ0) is 16.4. The third-order valence-electron chi connectivity index (χ3n) is 3.03. The van der Waals surface area contributed by atoms with Crippen molar-refractivity contribution in [1.82, 2.24) is 5.32 Å². The molecule has 0 aliphatic carbocycles. The van der Waals surface area contributed by atoms with Gasteiger partial charge in [-0.1, -0.05) is 12.1 Å². The highest BCUT2D eigenvalue weighted by atomic mass is 32.1. The lowest BCUT2D eigenvalue weighted by atomic mass is 10.2. The van der Waals surface area contributed by atoms with Crippen LogP contribution >= 0.6 is 12.2 Å². The lowest BCUT2D eigenvalue weighted by Gasteiger charge is -2.11. The summed E-state index contributed by atoms with van der Waals surface area (Å²) in [6.45, 7) is 0.398. The van der Waals surface area contributed by atoms with Crippen LogP contribution in [0.3, 0.4) is 0 Å². The van der Waals surface area contributed by atoms with E-state index in [2.05, 4.69) is 20.1 Å². The van der Waals surface area contributed by atoms with Crippen LogP contribution in [-0.4, -0.2) is 11.4 Å². The standard InChI is InChI=1S/C15H11F3N2O2S/c16-10-3-1-9(2-4-10)8-19-14(23)20-11-5-6-12-13(7-11)22-15(17,18)21-12/h1-7H,8H2,(H2,19,20,23). The number of rotatable bonds is 3. The molecule has 4 nitrogen and oxygen atoms in total. The molecule has 120 valence electrons. The van der Waals surface area contributed by atoms with Crippen molar-refractivity contribution in [2.45, 2.75) is 12.8 Å². The van der Waals surface area contributed by atoms with Crippen LogP contribution in [0.2, 0.25) is 0 Å². The van der Waals surface area contributed by atoms with Gasteiger partial charge in [-0.3, -0.25) is 0 Å². The number of halogens is 3. The third kappa shape index (κ3) is 3.84. The van der Waals surface area contributed by atoms with Gasteiger partial charge in [0, 0.05) is 18.3 Å². The third-order valence-corrected chi connectivity index (χ3v) is 3.27. The maximum Gasteiger partial charge on any atom is 0.586 e. The minimum absolute atomic E-state index is 0.0364. The molecule has 0 atom stereocenters. The molecule has 0 amide bonds. The number of benzene rings is 2. The van der Waals surface area contributed by atoms with Crippen LogP contribution in [0.1, 0.15) is 5.56 Å². The molecule has 3 rings (SSSR count). The summed E-state index contributed by atoms with van der Waals surface area (Å²) in [7, 11) is 0. The first-order chi connectivity index (χ1) is 10.9. The average Bonchev–Trinajstić information content (AvgIpc) is 2.80. The Morgan fingerprint density at radius 2 is 1.74 bits per heavy atom. The minimum atomic E-state index is -3.65. The molecule has 0 saturated heterocycles. The summed E-state index contributed by atoms with van der Waals surface area (Å²) < 4.78 is 47.3. The number of fused-ring (bicyclic) bond motifs is 1. The molecule has 2 aromatic rings. The molecular formula is C15H11F3N2O2S. The van der Waals surface area contributed by atoms with Gasteiger partial charge < -0.3 is 20.1 Å². The van der Waals surface area contributed by atoms with Gasteiger partial charge in [-0.05, 0) is 42.0 Å². The monoisotopic (exact) mass is 340 g/mol. The average molecular weight is 340 g/mol. The number of anilines is 1. The second-order valence-electron chi connectivity index (χ2n) is 4.76. The van der Waals surface area contributed by atoms with Crippen molar-refractivity contribution in [1.29, 1.82) is 0 Å². The molecule has 0 unspecified atom stereocenters. The molecule has 0 aromatic heterocycles. The molecule has 1 aliphatic heterocycles. The van der Waals surface area contributed by atoms with E-state index < -0.39 is 6.29 Å². The summed E-state index contributed by atoms with van der Waals surface area (Å²) in [6.07, 6.45) is -3.65. The summed E-state index contributed by atoms with van der Waals surface area (Å²) in [5.74, 6) is -0.418. The van der Waals surface area contributed by atoms with Crippen molar-refractivity contribution < 1.29 is 22.6 Å². The highest BCUT2D eigenvalue weighted by molar-refractivity contribution is 7.80. The lowest BCUT2D eigenvalue weighted by molar-refractivity contribution is -0.286. The maximum atomic E-state index is 12.9. The van der Waals surface area contributed by atoms with Crippen LogP contribution in [0.15, 0.2) is 42.5 Å². The van der Waals surface area contributed by atoms with E-state index in [9.17, 15) is 13.2 Å². The Morgan fingerprint density at radius 1 is 1.04 bits per heavy atom. The summed E-state index contributed by atoms with van der Waals surface area (Å²) >= 11 is 5.12. The predicted octanol–water partition coefficient (Wildman–Crippen LogP) is 3.63. The number of thiocarbonyl (C=S) groups is 1. The summed E-state index contributed by atoms with van der Waals surface area (Å²) in [6, 6.07) is 10.2. The van der Waals surface area contributed by atoms with Gasteiger partial charge in [0.25, 0.3) is 0 Å². The van der Waals surface area contributed by atoms with Gasteiger partial charge >= 0.3 is 6.29 Å². The quantitative estimate of drug-likeness (QED) is 0.835. The first-order valence-electron chi connectivity index (χ1n) is 6.60. The summed E-state index contributed by atoms with van der Waals surface area (Å²) in [4.78, 5) is 0. The highest BCUT2D eigenvalue weighted by Crippen LogP contribution is 2.42. The molecule has 2 aromatic carbocycles. The van der Waals surface area contributed by atoms with E-state index in [1.807, 2.05) is 0 Å². The molecule has 0 fully saturated rings. The molecule has 1 heterocycles. The molecular weight excluding hydrogens is 329 g/mol. The van der Waals surface area contributed by atoms with Crippen LogP contribution in [0, 0.1) is 5.82 Å². The smallest absolute Gasteiger partial charge is 0.395 e. The topological polar surface area (TPSA) is 42.5 Å². The van der Waals surface area contributed by atoms with Crippen LogP contribution < -0.4 is 20.1 Å². The fraction of sp³-hybridized carbons (Fsp3) is 0.133. The molecule has 1 aliphatic rings. The Bertz CT molecular complexity index is 738. The second-order valence-corrected chi connectivity index (χ2v) is 5.17. The Labute approximate surface area is 135 Å². The van der Waals surface area contributed by atoms with E-state index in [-0.39, 0.29) is 17.3 Å². The van der Waals surface area contributed by atoms with Crippen LogP contribution in [0.4, 0.5) is 18.9 Å². The fourth-order valence-corrected chi connectivity index (χ4v) is 2.18. The van der Waals surface area contributed by atoms with E-state index in [1.165, 1.54) is 30.3 Å². The van der Waals surface area contributed by atoms with Gasteiger partial charge in [0.2, 0.25) is 0 Å². The molecule has 0 spiro atoms. The number of ether oxygens (including phenoxy) is 2. The number of nitrogens with one attached hydrogen (secondary N) is 2. The highest BCUT2D eigenvalue weighted by Gasteiger charge is 2.43. The van der Waals surface area contributed by atoms with Crippen LogP contribution in [0.25, 0.3) is 0 Å². The van der Waals surface area contributed by atoms with Gasteiger partial charge in [-0.2, -0.15) is 0 Å². The lowest BCUT2D eigenvalue weighted by Crippen LogP contribution is -2.27. The van der Waals surface area contributed by atoms with E-state index in [0.717, 1.165) is 5.56 Å². The Balaban J connectivity index is 1.57. The molecule has 0 bridgehead atoms. The van der Waals surface area contributed by atoms with Gasteiger partial charge in [-0.15, -0.1) is 8.78 Å². The normalized spacial score (nSPS) is 14.4. The van der Waals surface area contributed by atoms with Gasteiger partial charge in [0.15, 0.2) is 16.6 Å². The van der Waals surface area contributed by atoms with Crippen molar-refractivity contribution in [3.05, 3.63) is 53.8 Å². The zero-order valence-corrected chi connectivity index (χ0v) is 12.4. The Kier molecular flexibility index (Phi) is 3.99. The maximum absolute atomic E-state index is 12.9. The van der Waals surface area contributed by atoms with Crippen molar-refractivity contribution in [2.75, 3.05) is 5.32 Å². The van der Waals surface area contributed by atoms with Gasteiger partial charge in [0.1, 0.15) is 5.82 Å². The van der Waals surface area contributed by atoms with Gasteiger partial charge in [0.05, 0.1) is 0 Å². The summed E-state index contributed by atoms with van der Waals surface area (Å²) in [5.41, 5.74) is 1.32. The number of hydrogen-bond donors (Lipinski definition) is 2. The molecule has 0 radical (unpaired) electrons. The van der Waals surface area contributed by atoms with Crippen molar-refractivity contribution in [2.24, 2.45) is 0 Å². The van der Waals surface area contributed by atoms with Crippen molar-refractivity contribution >= 4 is 23.0 Å². The first-order valence-corrected chi connectivity index (χ1v) is 7.01. The number of alkyl halides is 2. The van der Waals surface area contributed by atoms with Crippen LogP contribution in [0.5, 0.6) is 11.5 Å². The molecule has 2 N–H and O–H groups in total. The van der Waals surface area contributed by atoms with E-state index >= 15 is 0 Å².